The Hall–Kier alpha value is -4.20. The van der Waals surface area contributed by atoms with Crippen molar-refractivity contribution in [3.8, 4) is 17.0 Å². The van der Waals surface area contributed by atoms with Crippen LogP contribution in [0.3, 0.4) is 0 Å². The Balaban J connectivity index is 1.51. The van der Waals surface area contributed by atoms with Crippen LogP contribution in [0.15, 0.2) is 54.6 Å². The number of amides is 2. The molecule has 0 saturated heterocycles. The molecule has 0 bridgehead atoms. The number of ether oxygens (including phenoxy) is 1. The van der Waals surface area contributed by atoms with E-state index in [-0.39, 0.29) is 6.61 Å². The van der Waals surface area contributed by atoms with E-state index in [0.717, 1.165) is 16.7 Å². The predicted molar refractivity (Wildman–Crippen MR) is 126 cm³/mol. The van der Waals surface area contributed by atoms with Crippen LogP contribution in [0.4, 0.5) is 0 Å². The van der Waals surface area contributed by atoms with Gasteiger partial charge in [0.25, 0.3) is 11.8 Å². The first-order chi connectivity index (χ1) is 15.8. The highest BCUT2D eigenvalue weighted by molar-refractivity contribution is 6.07. The summed E-state index contributed by atoms with van der Waals surface area (Å²) in [6.07, 6.45) is 0. The number of hydrogen-bond acceptors (Lipinski definition) is 5. The highest BCUT2D eigenvalue weighted by atomic mass is 16.5. The van der Waals surface area contributed by atoms with Gasteiger partial charge in [0.2, 0.25) is 0 Å². The first-order valence-electron chi connectivity index (χ1n) is 10.5. The number of carbonyl (C=O) groups excluding carboxylic acids is 2. The fourth-order valence-corrected chi connectivity index (χ4v) is 3.56. The lowest BCUT2D eigenvalue weighted by Crippen LogP contribution is -2.44. The molecule has 2 aromatic carbocycles. The Labute approximate surface area is 191 Å². The number of nitrogens with zero attached hydrogens (tertiary/aromatic N) is 3. The number of aromatic nitrogens is 3. The molecule has 0 radical (unpaired) electrons. The van der Waals surface area contributed by atoms with Gasteiger partial charge in [-0.2, -0.15) is 5.10 Å². The van der Waals surface area contributed by atoms with Crippen molar-refractivity contribution < 1.29 is 14.3 Å². The summed E-state index contributed by atoms with van der Waals surface area (Å²) in [6, 6.07) is 16.9. The van der Waals surface area contributed by atoms with E-state index in [1.165, 1.54) is 0 Å². The molecule has 0 fully saturated rings. The molecule has 0 saturated carbocycles. The molecular formula is C25H25N5O3. The summed E-state index contributed by atoms with van der Waals surface area (Å²) in [7, 11) is 1.78. The lowest BCUT2D eigenvalue weighted by atomic mass is 10.1. The van der Waals surface area contributed by atoms with Crippen molar-refractivity contribution in [3.63, 3.8) is 0 Å². The van der Waals surface area contributed by atoms with Gasteiger partial charge in [-0.3, -0.25) is 25.1 Å². The van der Waals surface area contributed by atoms with E-state index in [4.69, 9.17) is 9.72 Å². The Kier molecular flexibility index (Phi) is 6.08. The van der Waals surface area contributed by atoms with Crippen LogP contribution in [-0.2, 0) is 11.8 Å². The van der Waals surface area contributed by atoms with E-state index >= 15 is 0 Å². The molecular weight excluding hydrogens is 418 g/mol. The van der Waals surface area contributed by atoms with Crippen molar-refractivity contribution >= 4 is 22.8 Å². The molecule has 8 heteroatoms. The maximum atomic E-state index is 13.0. The quantitative estimate of drug-likeness (QED) is 0.461. The fraction of sp³-hybridized carbons (Fsp3) is 0.200. The van der Waals surface area contributed by atoms with Gasteiger partial charge in [-0.1, -0.05) is 36.4 Å². The van der Waals surface area contributed by atoms with E-state index in [1.807, 2.05) is 63.2 Å². The zero-order chi connectivity index (χ0) is 23.5. The second-order valence-electron chi connectivity index (χ2n) is 7.87. The molecule has 4 aromatic rings. The second-order valence-corrected chi connectivity index (χ2v) is 7.87. The fourth-order valence-electron chi connectivity index (χ4n) is 3.56. The average Bonchev–Trinajstić information content (AvgIpc) is 3.11. The van der Waals surface area contributed by atoms with Gasteiger partial charge < -0.3 is 4.74 Å². The van der Waals surface area contributed by atoms with Crippen molar-refractivity contribution in [2.75, 3.05) is 6.61 Å². The monoisotopic (exact) mass is 443 g/mol. The number of rotatable bonds is 5. The maximum Gasteiger partial charge on any atom is 0.276 e. The van der Waals surface area contributed by atoms with E-state index < -0.39 is 11.8 Å². The molecule has 2 N–H and O–H groups in total. The van der Waals surface area contributed by atoms with Gasteiger partial charge in [0.15, 0.2) is 12.3 Å². The third kappa shape index (κ3) is 4.69. The Bertz CT molecular complexity index is 1350. The predicted octanol–water partition coefficient (Wildman–Crippen LogP) is 3.40. The molecule has 33 heavy (non-hydrogen) atoms. The van der Waals surface area contributed by atoms with Gasteiger partial charge in [-0.05, 0) is 50.1 Å². The second kappa shape index (κ2) is 9.12. The molecule has 8 nitrogen and oxygen atoms in total. The number of hydrazine groups is 1. The highest BCUT2D eigenvalue weighted by Gasteiger charge is 2.19. The van der Waals surface area contributed by atoms with Gasteiger partial charge in [0, 0.05) is 12.6 Å². The van der Waals surface area contributed by atoms with Gasteiger partial charge in [-0.25, -0.2) is 4.98 Å². The Morgan fingerprint density at radius 3 is 2.45 bits per heavy atom. The van der Waals surface area contributed by atoms with Crippen LogP contribution in [0.2, 0.25) is 0 Å². The summed E-state index contributed by atoms with van der Waals surface area (Å²) in [5, 5.41) is 5.04. The summed E-state index contributed by atoms with van der Waals surface area (Å²) in [6.45, 7) is 5.57. The third-order valence-corrected chi connectivity index (χ3v) is 5.45. The standard InChI is InChI=1S/C25H25N5O3/c1-15-10-11-19(12-16(15)2)33-14-22(31)27-28-25(32)20-13-21(18-8-6-5-7-9-18)26-24-23(20)17(3)29-30(24)4/h5-13H,14H2,1-4H3,(H,27,31)(H,28,32). The number of pyridine rings is 1. The number of benzene rings is 2. The molecule has 2 aromatic heterocycles. The van der Waals surface area contributed by atoms with Crippen molar-refractivity contribution in [1.29, 1.82) is 0 Å². The van der Waals surface area contributed by atoms with Crippen LogP contribution in [-0.4, -0.2) is 33.2 Å². The van der Waals surface area contributed by atoms with Crippen LogP contribution in [0.5, 0.6) is 5.75 Å². The van der Waals surface area contributed by atoms with Gasteiger partial charge in [0.1, 0.15) is 5.75 Å². The van der Waals surface area contributed by atoms with Gasteiger partial charge in [-0.15, -0.1) is 0 Å². The number of fused-ring (bicyclic) bond motifs is 1. The largest absolute Gasteiger partial charge is 0.484 e. The van der Waals surface area contributed by atoms with Crippen molar-refractivity contribution in [2.45, 2.75) is 20.8 Å². The van der Waals surface area contributed by atoms with E-state index in [0.29, 0.717) is 33.7 Å². The molecule has 0 atom stereocenters. The topological polar surface area (TPSA) is 98.1 Å². The molecule has 0 aliphatic rings. The Morgan fingerprint density at radius 2 is 1.73 bits per heavy atom. The average molecular weight is 444 g/mol. The normalized spacial score (nSPS) is 10.8. The molecule has 2 heterocycles. The van der Waals surface area contributed by atoms with E-state index in [9.17, 15) is 9.59 Å². The van der Waals surface area contributed by atoms with Crippen LogP contribution in [0.1, 0.15) is 27.2 Å². The molecule has 0 aliphatic carbocycles. The van der Waals surface area contributed by atoms with Crippen molar-refractivity contribution in [3.05, 3.63) is 77.0 Å². The maximum absolute atomic E-state index is 13.0. The highest BCUT2D eigenvalue weighted by Crippen LogP contribution is 2.26. The molecule has 0 spiro atoms. The lowest BCUT2D eigenvalue weighted by Gasteiger charge is -2.11. The number of nitrogens with one attached hydrogen (secondary N) is 2. The van der Waals surface area contributed by atoms with E-state index in [2.05, 4.69) is 16.0 Å². The van der Waals surface area contributed by atoms with Crippen molar-refractivity contribution in [2.24, 2.45) is 7.05 Å². The minimum absolute atomic E-state index is 0.226. The lowest BCUT2D eigenvalue weighted by molar-refractivity contribution is -0.123. The van der Waals surface area contributed by atoms with Gasteiger partial charge >= 0.3 is 0 Å². The minimum atomic E-state index is -0.474. The number of aryl methyl sites for hydroxylation is 4. The number of hydrogen-bond donors (Lipinski definition) is 2. The van der Waals surface area contributed by atoms with Crippen LogP contribution < -0.4 is 15.6 Å². The van der Waals surface area contributed by atoms with E-state index in [1.54, 1.807) is 23.9 Å². The summed E-state index contributed by atoms with van der Waals surface area (Å²) in [4.78, 5) is 30.0. The first kappa shape index (κ1) is 22.0. The van der Waals surface area contributed by atoms with Crippen molar-refractivity contribution in [1.82, 2.24) is 25.6 Å². The molecule has 0 aliphatic heterocycles. The van der Waals surface area contributed by atoms with Gasteiger partial charge in [0.05, 0.1) is 22.3 Å². The molecule has 4 rings (SSSR count). The third-order valence-electron chi connectivity index (χ3n) is 5.45. The summed E-state index contributed by atoms with van der Waals surface area (Å²) >= 11 is 0. The first-order valence-corrected chi connectivity index (χ1v) is 10.5. The van der Waals surface area contributed by atoms with Crippen LogP contribution in [0.25, 0.3) is 22.3 Å². The van der Waals surface area contributed by atoms with Crippen LogP contribution in [0, 0.1) is 20.8 Å². The minimum Gasteiger partial charge on any atom is -0.484 e. The Morgan fingerprint density at radius 1 is 0.970 bits per heavy atom. The SMILES string of the molecule is Cc1ccc(OCC(=O)NNC(=O)c2cc(-c3ccccc3)nc3c2c(C)nn3C)cc1C. The molecule has 2 amide bonds. The zero-order valence-electron chi connectivity index (χ0n) is 19.0. The molecule has 0 unspecified atom stereocenters. The number of carbonyl (C=O) groups is 2. The summed E-state index contributed by atoms with van der Waals surface area (Å²) < 4.78 is 7.17. The van der Waals surface area contributed by atoms with Crippen LogP contribution >= 0.6 is 0 Å². The summed E-state index contributed by atoms with van der Waals surface area (Å²) in [5.74, 6) is -0.345. The zero-order valence-corrected chi connectivity index (χ0v) is 19.0. The smallest absolute Gasteiger partial charge is 0.276 e. The summed E-state index contributed by atoms with van der Waals surface area (Å²) in [5.41, 5.74) is 10.3. The molecule has 168 valence electrons.